The molecule has 86 valence electrons. The molecule has 0 fully saturated rings. The number of benzene rings is 1. The summed E-state index contributed by atoms with van der Waals surface area (Å²) >= 11 is 0. The molecule has 0 atom stereocenters. The van der Waals surface area contributed by atoms with Crippen LogP contribution in [-0.2, 0) is 11.4 Å². The minimum absolute atomic E-state index is 0. The number of hydrogen-bond acceptors (Lipinski definition) is 5. The average Bonchev–Trinajstić information content (AvgIpc) is 2.66. The van der Waals surface area contributed by atoms with E-state index in [0.29, 0.717) is 18.3 Å². The summed E-state index contributed by atoms with van der Waals surface area (Å²) in [5.74, 6) is 6.12. The van der Waals surface area contributed by atoms with Gasteiger partial charge in [-0.25, -0.2) is 5.90 Å². The number of aryl methyl sites for hydroxylation is 1. The number of hydrogen-bond donors (Lipinski definition) is 1. The lowest BCUT2D eigenvalue weighted by molar-refractivity contribution is 0.124. The lowest BCUT2D eigenvalue weighted by atomic mass is 10.1. The molecule has 0 unspecified atom stereocenters. The van der Waals surface area contributed by atoms with Crippen LogP contribution in [0.15, 0.2) is 28.8 Å². The Hall–Kier alpha value is -1.43. The number of rotatable bonds is 3. The van der Waals surface area contributed by atoms with Crippen molar-refractivity contribution in [2.75, 3.05) is 0 Å². The Balaban J connectivity index is 0.00000128. The second-order valence-corrected chi connectivity index (χ2v) is 3.16. The number of halogens is 1. The van der Waals surface area contributed by atoms with Crippen LogP contribution in [0.1, 0.15) is 11.4 Å². The maximum Gasteiger partial charge on any atom is 0.257 e. The average molecular weight is 242 g/mol. The van der Waals surface area contributed by atoms with Gasteiger partial charge >= 0.3 is 0 Å². The van der Waals surface area contributed by atoms with Gasteiger partial charge in [0.05, 0.1) is 6.61 Å². The molecular formula is C10H12ClN3O2. The fourth-order valence-corrected chi connectivity index (χ4v) is 1.30. The fourth-order valence-electron chi connectivity index (χ4n) is 1.30. The van der Waals surface area contributed by atoms with Crippen molar-refractivity contribution < 1.29 is 9.36 Å². The third-order valence-corrected chi connectivity index (χ3v) is 1.95. The molecule has 1 aromatic heterocycles. The van der Waals surface area contributed by atoms with Gasteiger partial charge in [-0.1, -0.05) is 17.3 Å². The molecule has 6 heteroatoms. The van der Waals surface area contributed by atoms with Crippen LogP contribution in [0.2, 0.25) is 0 Å². The Morgan fingerprint density at radius 2 is 2.25 bits per heavy atom. The van der Waals surface area contributed by atoms with Gasteiger partial charge in [-0.2, -0.15) is 4.98 Å². The molecule has 0 aliphatic heterocycles. The molecular weight excluding hydrogens is 230 g/mol. The van der Waals surface area contributed by atoms with E-state index in [2.05, 4.69) is 15.0 Å². The van der Waals surface area contributed by atoms with Crippen LogP contribution in [0.4, 0.5) is 0 Å². The van der Waals surface area contributed by atoms with Gasteiger partial charge in [0.15, 0.2) is 5.82 Å². The van der Waals surface area contributed by atoms with Crippen molar-refractivity contribution in [2.45, 2.75) is 13.5 Å². The Bertz CT molecular complexity index is 459. The summed E-state index contributed by atoms with van der Waals surface area (Å²) in [7, 11) is 0. The molecule has 16 heavy (non-hydrogen) atoms. The van der Waals surface area contributed by atoms with Crippen molar-refractivity contribution in [3.8, 4) is 11.5 Å². The highest BCUT2D eigenvalue weighted by molar-refractivity contribution is 5.85. The molecule has 0 bridgehead atoms. The standard InChI is InChI=1S/C10H11N3O2.ClH/c1-7-12-10(15-13-7)9-4-2-3-8(5-9)6-14-11;/h2-5H,6,11H2,1H3;1H. The molecule has 1 aromatic carbocycles. The van der Waals surface area contributed by atoms with Crippen LogP contribution >= 0.6 is 12.4 Å². The summed E-state index contributed by atoms with van der Waals surface area (Å²) in [6.45, 7) is 2.14. The molecule has 0 amide bonds. The van der Waals surface area contributed by atoms with E-state index in [4.69, 9.17) is 10.4 Å². The van der Waals surface area contributed by atoms with E-state index in [0.717, 1.165) is 11.1 Å². The predicted molar refractivity (Wildman–Crippen MR) is 60.7 cm³/mol. The number of nitrogens with two attached hydrogens (primary N) is 1. The monoisotopic (exact) mass is 241 g/mol. The first-order valence-corrected chi connectivity index (χ1v) is 4.51. The Labute approximate surface area is 99.0 Å². The highest BCUT2D eigenvalue weighted by Crippen LogP contribution is 2.18. The van der Waals surface area contributed by atoms with Gasteiger partial charge in [0.25, 0.3) is 5.89 Å². The molecule has 2 N–H and O–H groups in total. The molecule has 0 saturated carbocycles. The lowest BCUT2D eigenvalue weighted by Crippen LogP contribution is -1.98. The zero-order chi connectivity index (χ0) is 10.7. The first-order valence-electron chi connectivity index (χ1n) is 4.51. The number of nitrogens with zero attached hydrogens (tertiary/aromatic N) is 2. The van der Waals surface area contributed by atoms with Crippen LogP contribution in [0.25, 0.3) is 11.5 Å². The zero-order valence-electron chi connectivity index (χ0n) is 8.71. The van der Waals surface area contributed by atoms with Crippen LogP contribution < -0.4 is 5.90 Å². The minimum Gasteiger partial charge on any atom is -0.334 e. The maximum absolute atomic E-state index is 5.05. The summed E-state index contributed by atoms with van der Waals surface area (Å²) in [6.07, 6.45) is 0. The first-order chi connectivity index (χ1) is 7.29. The van der Waals surface area contributed by atoms with Gasteiger partial charge < -0.3 is 4.52 Å². The molecule has 5 nitrogen and oxygen atoms in total. The van der Waals surface area contributed by atoms with Gasteiger partial charge in [-0.3, -0.25) is 4.84 Å². The third-order valence-electron chi connectivity index (χ3n) is 1.95. The molecule has 2 rings (SSSR count). The van der Waals surface area contributed by atoms with Crippen molar-refractivity contribution in [1.82, 2.24) is 10.1 Å². The van der Waals surface area contributed by atoms with Crippen LogP contribution in [0.5, 0.6) is 0 Å². The normalized spacial score (nSPS) is 9.88. The van der Waals surface area contributed by atoms with Crippen molar-refractivity contribution in [3.05, 3.63) is 35.7 Å². The summed E-state index contributed by atoms with van der Waals surface area (Å²) in [5, 5.41) is 3.73. The van der Waals surface area contributed by atoms with Crippen LogP contribution in [0.3, 0.4) is 0 Å². The lowest BCUT2D eigenvalue weighted by Gasteiger charge is -1.99. The summed E-state index contributed by atoms with van der Waals surface area (Å²) in [4.78, 5) is 8.69. The number of aromatic nitrogens is 2. The van der Waals surface area contributed by atoms with Gasteiger partial charge in [0, 0.05) is 5.56 Å². The SMILES string of the molecule is Cc1noc(-c2cccc(CON)c2)n1.Cl. The van der Waals surface area contributed by atoms with Gasteiger partial charge in [0.2, 0.25) is 0 Å². The van der Waals surface area contributed by atoms with Gasteiger partial charge in [0.1, 0.15) is 0 Å². The van der Waals surface area contributed by atoms with Crippen LogP contribution in [0, 0.1) is 6.92 Å². The third kappa shape index (κ3) is 2.79. The summed E-state index contributed by atoms with van der Waals surface area (Å²) < 4.78 is 5.05. The smallest absolute Gasteiger partial charge is 0.257 e. The van der Waals surface area contributed by atoms with Crippen LogP contribution in [-0.4, -0.2) is 10.1 Å². The van der Waals surface area contributed by atoms with E-state index >= 15 is 0 Å². The predicted octanol–water partition coefficient (Wildman–Crippen LogP) is 1.86. The second-order valence-electron chi connectivity index (χ2n) is 3.16. The quantitative estimate of drug-likeness (QED) is 0.831. The maximum atomic E-state index is 5.05. The van der Waals surface area contributed by atoms with E-state index in [-0.39, 0.29) is 12.4 Å². The molecule has 1 heterocycles. The highest BCUT2D eigenvalue weighted by atomic mass is 35.5. The molecule has 0 radical (unpaired) electrons. The van der Waals surface area contributed by atoms with Crippen molar-refractivity contribution >= 4 is 12.4 Å². The topological polar surface area (TPSA) is 74.2 Å². The zero-order valence-corrected chi connectivity index (χ0v) is 9.53. The fraction of sp³-hybridized carbons (Fsp3) is 0.200. The van der Waals surface area contributed by atoms with E-state index < -0.39 is 0 Å². The summed E-state index contributed by atoms with van der Waals surface area (Å²) in [6, 6.07) is 7.61. The molecule has 2 aromatic rings. The van der Waals surface area contributed by atoms with Crippen molar-refractivity contribution in [2.24, 2.45) is 5.90 Å². The minimum atomic E-state index is 0. The molecule has 0 aliphatic rings. The summed E-state index contributed by atoms with van der Waals surface area (Å²) in [5.41, 5.74) is 1.83. The molecule has 0 spiro atoms. The van der Waals surface area contributed by atoms with E-state index in [1.807, 2.05) is 24.3 Å². The van der Waals surface area contributed by atoms with Gasteiger partial charge in [-0.05, 0) is 24.6 Å². The highest BCUT2D eigenvalue weighted by Gasteiger charge is 2.06. The largest absolute Gasteiger partial charge is 0.334 e. The molecule has 0 aliphatic carbocycles. The van der Waals surface area contributed by atoms with E-state index in [1.54, 1.807) is 6.92 Å². The van der Waals surface area contributed by atoms with Gasteiger partial charge in [-0.15, -0.1) is 12.4 Å². The Morgan fingerprint density at radius 1 is 1.44 bits per heavy atom. The van der Waals surface area contributed by atoms with E-state index in [9.17, 15) is 0 Å². The van der Waals surface area contributed by atoms with Crippen molar-refractivity contribution in [3.63, 3.8) is 0 Å². The van der Waals surface area contributed by atoms with Crippen molar-refractivity contribution in [1.29, 1.82) is 0 Å². The molecule has 0 saturated heterocycles. The Kier molecular flexibility index (Phi) is 4.42. The van der Waals surface area contributed by atoms with E-state index in [1.165, 1.54) is 0 Å². The Morgan fingerprint density at radius 3 is 2.88 bits per heavy atom. The first kappa shape index (κ1) is 12.6. The second kappa shape index (κ2) is 5.60.